The molecule has 0 saturated heterocycles. The van der Waals surface area contributed by atoms with E-state index in [1.165, 1.54) is 0 Å². The van der Waals surface area contributed by atoms with E-state index in [-0.39, 0.29) is 11.5 Å². The highest BCUT2D eigenvalue weighted by Crippen LogP contribution is 2.43. The first kappa shape index (κ1) is 33.7. The normalized spacial score (nSPS) is 13.4. The van der Waals surface area contributed by atoms with Crippen molar-refractivity contribution < 1.29 is 19.4 Å². The summed E-state index contributed by atoms with van der Waals surface area (Å²) in [5, 5.41) is 22.1. The first-order valence-electron chi connectivity index (χ1n) is 16.6. The molecule has 12 heteroatoms. The average molecular weight is 714 g/mol. The number of hydrogen-bond donors (Lipinski definition) is 1. The number of carboxylic acid groups (broad SMARTS) is 1. The molecule has 0 spiro atoms. The Kier molecular flexibility index (Phi) is 8.64. The summed E-state index contributed by atoms with van der Waals surface area (Å²) in [6, 6.07) is 12.7. The van der Waals surface area contributed by atoms with Gasteiger partial charge in [0, 0.05) is 59.8 Å². The van der Waals surface area contributed by atoms with Gasteiger partial charge < -0.3 is 14.4 Å². The quantitative estimate of drug-likeness (QED) is 0.159. The molecule has 3 aromatic carbocycles. The van der Waals surface area contributed by atoms with Gasteiger partial charge in [-0.05, 0) is 100 Å². The van der Waals surface area contributed by atoms with Crippen LogP contribution in [-0.4, -0.2) is 54.3 Å². The van der Waals surface area contributed by atoms with Crippen LogP contribution >= 0.6 is 23.2 Å². The van der Waals surface area contributed by atoms with Gasteiger partial charge in [0.2, 0.25) is 0 Å². The SMILES string of the molecule is Cc1cc(OCCCc2c3n(c4c(-c5c(C)nn(C)c5C)c(Cl)ccc24)CCCN(c2nn(C)c4cc(C(=O)O)ccc24)C3=O)cc(C)c1Cl. The topological polar surface area (TPSA) is 107 Å². The lowest BCUT2D eigenvalue weighted by molar-refractivity contribution is 0.0696. The van der Waals surface area contributed by atoms with Crippen LogP contribution in [0.4, 0.5) is 5.82 Å². The minimum atomic E-state index is -1.02. The van der Waals surface area contributed by atoms with E-state index in [9.17, 15) is 14.7 Å². The van der Waals surface area contributed by atoms with Crippen LogP contribution in [0.25, 0.3) is 32.9 Å². The average Bonchev–Trinajstić information content (AvgIpc) is 3.61. The Balaban J connectivity index is 1.36. The second-order valence-electron chi connectivity index (χ2n) is 13.1. The van der Waals surface area contributed by atoms with Gasteiger partial charge in [0.25, 0.3) is 5.91 Å². The predicted molar refractivity (Wildman–Crippen MR) is 197 cm³/mol. The van der Waals surface area contributed by atoms with Gasteiger partial charge in [0.1, 0.15) is 11.4 Å². The number of aryl methyl sites for hydroxylation is 7. The molecule has 0 saturated carbocycles. The maximum absolute atomic E-state index is 15.0. The number of fused-ring (bicyclic) bond motifs is 4. The molecule has 6 aromatic rings. The molecule has 1 aliphatic heterocycles. The van der Waals surface area contributed by atoms with E-state index in [1.54, 1.807) is 34.8 Å². The Morgan fingerprint density at radius 1 is 0.920 bits per heavy atom. The molecule has 4 heterocycles. The lowest BCUT2D eigenvalue weighted by Crippen LogP contribution is -2.32. The number of rotatable bonds is 8. The van der Waals surface area contributed by atoms with Crippen LogP contribution in [0.2, 0.25) is 10.0 Å². The number of halogens is 2. The predicted octanol–water partition coefficient (Wildman–Crippen LogP) is 8.23. The van der Waals surface area contributed by atoms with Gasteiger partial charge in [-0.2, -0.15) is 10.2 Å². The van der Waals surface area contributed by atoms with Crippen molar-refractivity contribution in [1.29, 1.82) is 0 Å². The summed E-state index contributed by atoms with van der Waals surface area (Å²) in [7, 11) is 3.68. The van der Waals surface area contributed by atoms with Crippen LogP contribution < -0.4 is 9.64 Å². The van der Waals surface area contributed by atoms with Crippen LogP contribution in [0.15, 0.2) is 42.5 Å². The van der Waals surface area contributed by atoms with E-state index < -0.39 is 5.97 Å². The zero-order valence-electron chi connectivity index (χ0n) is 28.9. The van der Waals surface area contributed by atoms with Crippen LogP contribution in [-0.2, 0) is 27.1 Å². The van der Waals surface area contributed by atoms with Crippen LogP contribution in [0.5, 0.6) is 5.75 Å². The van der Waals surface area contributed by atoms with Gasteiger partial charge in [-0.15, -0.1) is 0 Å². The summed E-state index contributed by atoms with van der Waals surface area (Å²) >= 11 is 13.4. The molecule has 0 unspecified atom stereocenters. The molecule has 7 rings (SSSR count). The molecule has 1 amide bonds. The number of carboxylic acids is 1. The number of benzene rings is 3. The smallest absolute Gasteiger partial charge is 0.335 e. The molecule has 0 fully saturated rings. The molecule has 3 aromatic heterocycles. The van der Waals surface area contributed by atoms with Gasteiger partial charge in [-0.1, -0.05) is 29.3 Å². The number of aromatic carboxylic acids is 1. The van der Waals surface area contributed by atoms with Crippen LogP contribution in [0, 0.1) is 27.7 Å². The minimum Gasteiger partial charge on any atom is -0.494 e. The number of nitrogens with zero attached hydrogens (tertiary/aromatic N) is 6. The summed E-state index contributed by atoms with van der Waals surface area (Å²) in [4.78, 5) is 28.4. The van der Waals surface area contributed by atoms with E-state index in [4.69, 9.17) is 38.1 Å². The van der Waals surface area contributed by atoms with Crippen LogP contribution in [0.1, 0.15) is 61.8 Å². The molecule has 10 nitrogen and oxygen atoms in total. The zero-order chi connectivity index (χ0) is 35.6. The van der Waals surface area contributed by atoms with Crippen molar-refractivity contribution in [1.82, 2.24) is 24.1 Å². The van der Waals surface area contributed by atoms with E-state index >= 15 is 0 Å². The third-order valence-corrected chi connectivity index (χ3v) is 10.7. The monoisotopic (exact) mass is 712 g/mol. The van der Waals surface area contributed by atoms with Crippen molar-refractivity contribution in [3.63, 3.8) is 0 Å². The van der Waals surface area contributed by atoms with Crippen molar-refractivity contribution in [3.05, 3.63) is 91.8 Å². The number of amides is 1. The summed E-state index contributed by atoms with van der Waals surface area (Å²) < 4.78 is 11.8. The summed E-state index contributed by atoms with van der Waals surface area (Å²) in [6.07, 6.45) is 1.91. The Hall–Kier alpha value is -4.80. The Morgan fingerprint density at radius 2 is 1.64 bits per heavy atom. The van der Waals surface area contributed by atoms with Gasteiger partial charge in [0.15, 0.2) is 5.82 Å². The lowest BCUT2D eigenvalue weighted by Gasteiger charge is -2.19. The Bertz CT molecular complexity index is 2350. The molecular formula is C38H38Cl2N6O4. The number of aromatic nitrogens is 5. The van der Waals surface area contributed by atoms with Crippen molar-refractivity contribution in [2.75, 3.05) is 18.1 Å². The van der Waals surface area contributed by atoms with E-state index in [0.29, 0.717) is 66.4 Å². The van der Waals surface area contributed by atoms with Gasteiger partial charge in [0.05, 0.1) is 33.9 Å². The Morgan fingerprint density at radius 3 is 2.32 bits per heavy atom. The first-order chi connectivity index (χ1) is 23.9. The third-order valence-electron chi connectivity index (χ3n) is 9.83. The maximum Gasteiger partial charge on any atom is 0.335 e. The van der Waals surface area contributed by atoms with Crippen molar-refractivity contribution in [2.24, 2.45) is 14.1 Å². The molecule has 1 N–H and O–H groups in total. The number of ether oxygens (including phenoxy) is 1. The van der Waals surface area contributed by atoms with E-state index in [0.717, 1.165) is 60.9 Å². The van der Waals surface area contributed by atoms with Crippen LogP contribution in [0.3, 0.4) is 0 Å². The lowest BCUT2D eigenvalue weighted by atomic mass is 9.98. The summed E-state index contributed by atoms with van der Waals surface area (Å²) in [5.41, 5.74) is 8.84. The summed E-state index contributed by atoms with van der Waals surface area (Å²) in [6.45, 7) is 9.42. The molecule has 0 atom stereocenters. The fourth-order valence-corrected chi connectivity index (χ4v) is 7.76. The second-order valence-corrected chi connectivity index (χ2v) is 13.9. The molecule has 0 bridgehead atoms. The maximum atomic E-state index is 15.0. The van der Waals surface area contributed by atoms with Crippen molar-refractivity contribution >= 4 is 62.7 Å². The number of carbonyl (C=O) groups is 2. The van der Waals surface area contributed by atoms with Gasteiger partial charge >= 0.3 is 5.97 Å². The van der Waals surface area contributed by atoms with Gasteiger partial charge in [-0.3, -0.25) is 19.1 Å². The fourth-order valence-electron chi connectivity index (χ4n) is 7.40. The van der Waals surface area contributed by atoms with E-state index in [1.807, 2.05) is 63.7 Å². The van der Waals surface area contributed by atoms with Crippen molar-refractivity contribution in [3.8, 4) is 16.9 Å². The fraction of sp³-hybridized carbons (Fsp3) is 0.316. The Labute approximate surface area is 299 Å². The highest BCUT2D eigenvalue weighted by Gasteiger charge is 2.34. The minimum absolute atomic E-state index is 0.160. The third kappa shape index (κ3) is 5.51. The molecule has 0 radical (unpaired) electrons. The largest absolute Gasteiger partial charge is 0.494 e. The molecule has 1 aliphatic rings. The van der Waals surface area contributed by atoms with Crippen molar-refractivity contribution in [2.45, 2.75) is 53.5 Å². The number of hydrogen-bond acceptors (Lipinski definition) is 5. The second kappa shape index (κ2) is 12.8. The molecular weight excluding hydrogens is 675 g/mol. The summed E-state index contributed by atoms with van der Waals surface area (Å²) in [5.74, 6) is 0.0797. The highest BCUT2D eigenvalue weighted by atomic mass is 35.5. The highest BCUT2D eigenvalue weighted by molar-refractivity contribution is 6.35. The van der Waals surface area contributed by atoms with Gasteiger partial charge in [-0.25, -0.2) is 4.79 Å². The molecule has 50 heavy (non-hydrogen) atoms. The molecule has 0 aliphatic carbocycles. The number of carbonyl (C=O) groups excluding carboxylic acids is 1. The molecule has 258 valence electrons. The number of anilines is 1. The first-order valence-corrected chi connectivity index (χ1v) is 17.4. The standard InChI is InChI=1S/C38H38Cl2N6O4/c1-20-17-25(18-21(2)33(20)40)50-16-7-9-26-27-12-13-29(39)32(31-22(3)41-43(5)23(31)4)34(27)45-14-8-15-46(37(47)35(26)45)36-28-11-10-24(38(48)49)19-30(28)44(6)42-36/h10-13,17-19H,7-9,14-16H2,1-6H3,(H,48,49). The van der Waals surface area contributed by atoms with E-state index in [2.05, 4.69) is 4.57 Å². The zero-order valence-corrected chi connectivity index (χ0v) is 30.4.